The van der Waals surface area contributed by atoms with Gasteiger partial charge in [0.05, 0.1) is 14.2 Å². The number of halogens is 1. The highest BCUT2D eigenvalue weighted by Crippen LogP contribution is 2.25. The van der Waals surface area contributed by atoms with Gasteiger partial charge in [0.1, 0.15) is 30.5 Å². The second kappa shape index (κ2) is 9.74. The molecule has 0 unspecified atom stereocenters. The molecule has 0 bridgehead atoms. The molecule has 0 N–H and O–H groups in total. The Morgan fingerprint density at radius 2 is 1.72 bits per heavy atom. The molecule has 5 nitrogen and oxygen atoms in total. The highest BCUT2D eigenvalue weighted by Gasteiger charge is 2.04. The standard InChI is InChI=1S/C19H19BrO5/c1-22-17-7-3-14(18(13-17)23-2)4-10-19(21)25-12-11-24-16-8-5-15(20)6-9-16/h3-10,13H,11-12H2,1-2H3/b10-4+. The van der Waals surface area contributed by atoms with Gasteiger partial charge in [-0.1, -0.05) is 15.9 Å². The van der Waals surface area contributed by atoms with Crippen LogP contribution in [0.15, 0.2) is 53.0 Å². The van der Waals surface area contributed by atoms with Crippen molar-refractivity contribution in [3.05, 3.63) is 58.6 Å². The summed E-state index contributed by atoms with van der Waals surface area (Å²) in [7, 11) is 3.14. The smallest absolute Gasteiger partial charge is 0.330 e. The molecule has 0 saturated heterocycles. The van der Waals surface area contributed by atoms with Crippen molar-refractivity contribution in [3.63, 3.8) is 0 Å². The Balaban J connectivity index is 1.79. The van der Waals surface area contributed by atoms with E-state index < -0.39 is 5.97 Å². The van der Waals surface area contributed by atoms with Crippen LogP contribution in [-0.2, 0) is 9.53 Å². The van der Waals surface area contributed by atoms with Gasteiger partial charge < -0.3 is 18.9 Å². The fraction of sp³-hybridized carbons (Fsp3) is 0.211. The first-order valence-corrected chi connectivity index (χ1v) is 8.37. The van der Waals surface area contributed by atoms with Crippen LogP contribution < -0.4 is 14.2 Å². The van der Waals surface area contributed by atoms with E-state index >= 15 is 0 Å². The molecule has 2 aromatic carbocycles. The third-order valence-electron chi connectivity index (χ3n) is 3.25. The third-order valence-corrected chi connectivity index (χ3v) is 3.78. The molecule has 132 valence electrons. The van der Waals surface area contributed by atoms with E-state index in [-0.39, 0.29) is 13.2 Å². The van der Waals surface area contributed by atoms with E-state index in [2.05, 4.69) is 15.9 Å². The summed E-state index contributed by atoms with van der Waals surface area (Å²) in [5.41, 5.74) is 0.756. The number of esters is 1. The van der Waals surface area contributed by atoms with Crippen LogP contribution in [0, 0.1) is 0 Å². The highest BCUT2D eigenvalue weighted by molar-refractivity contribution is 9.10. The first kappa shape index (κ1) is 18.9. The van der Waals surface area contributed by atoms with Crippen molar-refractivity contribution in [2.75, 3.05) is 27.4 Å². The minimum atomic E-state index is -0.447. The summed E-state index contributed by atoms with van der Waals surface area (Å²) in [4.78, 5) is 11.8. The largest absolute Gasteiger partial charge is 0.497 e. The molecule has 6 heteroatoms. The monoisotopic (exact) mass is 406 g/mol. The van der Waals surface area contributed by atoms with E-state index in [1.54, 1.807) is 38.5 Å². The first-order valence-electron chi connectivity index (χ1n) is 7.57. The Morgan fingerprint density at radius 3 is 2.40 bits per heavy atom. The number of ether oxygens (including phenoxy) is 4. The second-order valence-corrected chi connectivity index (χ2v) is 5.83. The molecule has 0 saturated carbocycles. The summed E-state index contributed by atoms with van der Waals surface area (Å²) >= 11 is 3.35. The maximum atomic E-state index is 11.8. The molecule has 0 atom stereocenters. The number of benzene rings is 2. The molecule has 0 aliphatic rings. The normalized spacial score (nSPS) is 10.5. The molecule has 0 aliphatic heterocycles. The lowest BCUT2D eigenvalue weighted by atomic mass is 10.2. The van der Waals surface area contributed by atoms with Gasteiger partial charge in [-0.25, -0.2) is 4.79 Å². The quantitative estimate of drug-likeness (QED) is 0.375. The molecule has 0 heterocycles. The Hall–Kier alpha value is -2.47. The molecule has 0 amide bonds. The zero-order valence-corrected chi connectivity index (χ0v) is 15.6. The summed E-state index contributed by atoms with van der Waals surface area (Å²) < 4.78 is 22.0. The van der Waals surface area contributed by atoms with Crippen molar-refractivity contribution in [3.8, 4) is 17.2 Å². The maximum Gasteiger partial charge on any atom is 0.330 e. The molecule has 0 fully saturated rings. The molecule has 0 spiro atoms. The summed E-state index contributed by atoms with van der Waals surface area (Å²) in [5, 5.41) is 0. The van der Waals surface area contributed by atoms with Gasteiger partial charge in [0, 0.05) is 22.2 Å². The van der Waals surface area contributed by atoms with Crippen molar-refractivity contribution >= 4 is 28.0 Å². The van der Waals surface area contributed by atoms with Crippen molar-refractivity contribution in [2.24, 2.45) is 0 Å². The molecular formula is C19H19BrO5. The predicted molar refractivity (Wildman–Crippen MR) is 99.2 cm³/mol. The first-order chi connectivity index (χ1) is 12.1. The van der Waals surface area contributed by atoms with Gasteiger partial charge in [0.2, 0.25) is 0 Å². The van der Waals surface area contributed by atoms with Gasteiger partial charge in [-0.15, -0.1) is 0 Å². The number of carbonyl (C=O) groups excluding carboxylic acids is 1. The number of hydrogen-bond acceptors (Lipinski definition) is 5. The zero-order valence-electron chi connectivity index (χ0n) is 14.0. The van der Waals surface area contributed by atoms with Gasteiger partial charge >= 0.3 is 5.97 Å². The Labute approximate surface area is 155 Å². The molecule has 0 aliphatic carbocycles. The third kappa shape index (κ3) is 6.15. The van der Waals surface area contributed by atoms with Gasteiger partial charge in [-0.3, -0.25) is 0 Å². The van der Waals surface area contributed by atoms with E-state index in [4.69, 9.17) is 18.9 Å². The topological polar surface area (TPSA) is 54.0 Å². The SMILES string of the molecule is COc1ccc(/C=C/C(=O)OCCOc2ccc(Br)cc2)c(OC)c1. The summed E-state index contributed by atoms with van der Waals surface area (Å²) in [5.74, 6) is 1.57. The summed E-state index contributed by atoms with van der Waals surface area (Å²) in [6, 6.07) is 12.8. The zero-order chi connectivity index (χ0) is 18.1. The average molecular weight is 407 g/mol. The minimum Gasteiger partial charge on any atom is -0.497 e. The predicted octanol–water partition coefficient (Wildman–Crippen LogP) is 4.10. The van der Waals surface area contributed by atoms with Crippen LogP contribution in [0.4, 0.5) is 0 Å². The average Bonchev–Trinajstić information content (AvgIpc) is 2.64. The summed E-state index contributed by atoms with van der Waals surface area (Å²) in [6.07, 6.45) is 2.99. The van der Waals surface area contributed by atoms with Crippen LogP contribution in [-0.4, -0.2) is 33.4 Å². The van der Waals surface area contributed by atoms with Gasteiger partial charge in [0.15, 0.2) is 0 Å². The summed E-state index contributed by atoms with van der Waals surface area (Å²) in [6.45, 7) is 0.450. The van der Waals surface area contributed by atoms with E-state index in [0.717, 1.165) is 15.8 Å². The van der Waals surface area contributed by atoms with Gasteiger partial charge in [-0.05, 0) is 42.5 Å². The molecule has 2 aromatic rings. The molecule has 0 radical (unpaired) electrons. The van der Waals surface area contributed by atoms with E-state index in [1.165, 1.54) is 6.08 Å². The fourth-order valence-corrected chi connectivity index (χ4v) is 2.26. The lowest BCUT2D eigenvalue weighted by Gasteiger charge is -2.07. The molecular weight excluding hydrogens is 388 g/mol. The number of methoxy groups -OCH3 is 2. The Kier molecular flexibility index (Phi) is 7.35. The second-order valence-electron chi connectivity index (χ2n) is 4.91. The molecule has 25 heavy (non-hydrogen) atoms. The van der Waals surface area contributed by atoms with Gasteiger partial charge in [-0.2, -0.15) is 0 Å². The van der Waals surface area contributed by atoms with Crippen LogP contribution in [0.3, 0.4) is 0 Å². The van der Waals surface area contributed by atoms with Crippen molar-refractivity contribution in [1.29, 1.82) is 0 Å². The van der Waals surface area contributed by atoms with Crippen molar-refractivity contribution < 1.29 is 23.7 Å². The molecule has 0 aromatic heterocycles. The van der Waals surface area contributed by atoms with E-state index in [0.29, 0.717) is 11.5 Å². The lowest BCUT2D eigenvalue weighted by molar-refractivity contribution is -0.138. The Morgan fingerprint density at radius 1 is 1.00 bits per heavy atom. The number of hydrogen-bond donors (Lipinski definition) is 0. The number of carbonyl (C=O) groups is 1. The van der Waals surface area contributed by atoms with Crippen LogP contribution >= 0.6 is 15.9 Å². The fourth-order valence-electron chi connectivity index (χ4n) is 1.99. The van der Waals surface area contributed by atoms with E-state index in [1.807, 2.05) is 24.3 Å². The lowest BCUT2D eigenvalue weighted by Crippen LogP contribution is -2.10. The van der Waals surface area contributed by atoms with Crippen LogP contribution in [0.5, 0.6) is 17.2 Å². The van der Waals surface area contributed by atoms with Crippen LogP contribution in [0.1, 0.15) is 5.56 Å². The van der Waals surface area contributed by atoms with E-state index in [9.17, 15) is 4.79 Å². The van der Waals surface area contributed by atoms with Crippen LogP contribution in [0.2, 0.25) is 0 Å². The highest BCUT2D eigenvalue weighted by atomic mass is 79.9. The Bertz CT molecular complexity index is 725. The van der Waals surface area contributed by atoms with Gasteiger partial charge in [0.25, 0.3) is 0 Å². The maximum absolute atomic E-state index is 11.8. The van der Waals surface area contributed by atoms with Crippen molar-refractivity contribution in [2.45, 2.75) is 0 Å². The molecule has 2 rings (SSSR count). The minimum absolute atomic E-state index is 0.166. The van der Waals surface area contributed by atoms with Crippen molar-refractivity contribution in [1.82, 2.24) is 0 Å². The van der Waals surface area contributed by atoms with Crippen LogP contribution in [0.25, 0.3) is 6.08 Å². The number of rotatable bonds is 8.